The van der Waals surface area contributed by atoms with Crippen LogP contribution in [0.1, 0.15) is 16.2 Å². The molecule has 2 heterocycles. The molecule has 0 aliphatic heterocycles. The normalized spacial score (nSPS) is 10.7. The topological polar surface area (TPSA) is 82.3 Å². The number of aryl methyl sites for hydroxylation is 1. The second kappa shape index (κ2) is 6.84. The molecule has 6 heteroatoms. The number of rotatable bonds is 3. The standard InChI is InChI=1S/C21H14N2O4/c1-13-19(14-5-3-2-4-6-14)20(24)16-8-7-15(11-18(16)26-13)27-21(25)17-12-22-9-10-23-17/h2-12H,1H3. The highest BCUT2D eigenvalue weighted by atomic mass is 16.5. The second-order valence-electron chi connectivity index (χ2n) is 5.87. The number of hydrogen-bond donors (Lipinski definition) is 0. The van der Waals surface area contributed by atoms with E-state index in [1.807, 2.05) is 30.3 Å². The lowest BCUT2D eigenvalue weighted by molar-refractivity contribution is 0.0728. The number of benzene rings is 2. The molecule has 0 aliphatic carbocycles. The van der Waals surface area contributed by atoms with Gasteiger partial charge in [0.15, 0.2) is 5.69 Å². The van der Waals surface area contributed by atoms with E-state index in [0.29, 0.717) is 22.3 Å². The smallest absolute Gasteiger partial charge is 0.363 e. The summed E-state index contributed by atoms with van der Waals surface area (Å²) >= 11 is 0. The number of hydrogen-bond acceptors (Lipinski definition) is 6. The van der Waals surface area contributed by atoms with Gasteiger partial charge in [-0.05, 0) is 24.6 Å². The molecule has 4 aromatic rings. The number of ether oxygens (including phenoxy) is 1. The van der Waals surface area contributed by atoms with Gasteiger partial charge in [0.2, 0.25) is 5.43 Å². The minimum absolute atomic E-state index is 0.0923. The maximum Gasteiger partial charge on any atom is 0.363 e. The van der Waals surface area contributed by atoms with E-state index in [4.69, 9.17) is 9.15 Å². The lowest BCUT2D eigenvalue weighted by Gasteiger charge is -2.08. The molecule has 0 radical (unpaired) electrons. The van der Waals surface area contributed by atoms with Crippen LogP contribution in [0.4, 0.5) is 0 Å². The number of nitrogens with zero attached hydrogens (tertiary/aromatic N) is 2. The van der Waals surface area contributed by atoms with Crippen LogP contribution in [0.25, 0.3) is 22.1 Å². The van der Waals surface area contributed by atoms with Gasteiger partial charge in [-0.3, -0.25) is 9.78 Å². The molecular weight excluding hydrogens is 344 g/mol. The van der Waals surface area contributed by atoms with Gasteiger partial charge in [-0.2, -0.15) is 0 Å². The number of aromatic nitrogens is 2. The highest BCUT2D eigenvalue weighted by Crippen LogP contribution is 2.26. The highest BCUT2D eigenvalue weighted by molar-refractivity contribution is 5.90. The van der Waals surface area contributed by atoms with Crippen molar-refractivity contribution in [3.05, 3.63) is 88.8 Å². The lowest BCUT2D eigenvalue weighted by atomic mass is 10.0. The van der Waals surface area contributed by atoms with Crippen LogP contribution in [0, 0.1) is 6.92 Å². The summed E-state index contributed by atoms with van der Waals surface area (Å²) in [5.41, 5.74) is 1.62. The fraction of sp³-hybridized carbons (Fsp3) is 0.0476. The molecule has 27 heavy (non-hydrogen) atoms. The van der Waals surface area contributed by atoms with E-state index in [2.05, 4.69) is 9.97 Å². The van der Waals surface area contributed by atoms with Crippen LogP contribution >= 0.6 is 0 Å². The van der Waals surface area contributed by atoms with E-state index in [-0.39, 0.29) is 16.9 Å². The van der Waals surface area contributed by atoms with Gasteiger partial charge in [0.25, 0.3) is 0 Å². The van der Waals surface area contributed by atoms with Crippen LogP contribution in [-0.2, 0) is 0 Å². The Kier molecular flexibility index (Phi) is 4.22. The molecule has 0 aliphatic rings. The van der Waals surface area contributed by atoms with Crippen molar-refractivity contribution in [3.8, 4) is 16.9 Å². The Morgan fingerprint density at radius 3 is 2.63 bits per heavy atom. The van der Waals surface area contributed by atoms with Gasteiger partial charge in [0.1, 0.15) is 17.1 Å². The highest BCUT2D eigenvalue weighted by Gasteiger charge is 2.15. The van der Waals surface area contributed by atoms with E-state index >= 15 is 0 Å². The van der Waals surface area contributed by atoms with Crippen LogP contribution in [0.2, 0.25) is 0 Å². The molecule has 0 saturated heterocycles. The molecule has 2 aromatic heterocycles. The van der Waals surface area contributed by atoms with E-state index in [9.17, 15) is 9.59 Å². The first kappa shape index (κ1) is 16.7. The Hall–Kier alpha value is -3.80. The first-order valence-electron chi connectivity index (χ1n) is 8.24. The van der Waals surface area contributed by atoms with Crippen molar-refractivity contribution in [3.63, 3.8) is 0 Å². The second-order valence-corrected chi connectivity index (χ2v) is 5.87. The molecule has 0 N–H and O–H groups in total. The van der Waals surface area contributed by atoms with Crippen LogP contribution in [0.5, 0.6) is 5.75 Å². The average molecular weight is 358 g/mol. The van der Waals surface area contributed by atoms with Gasteiger partial charge < -0.3 is 9.15 Å². The molecule has 132 valence electrons. The number of carbonyl (C=O) groups is 1. The quantitative estimate of drug-likeness (QED) is 0.409. The van der Waals surface area contributed by atoms with Crippen molar-refractivity contribution in [2.75, 3.05) is 0 Å². The zero-order chi connectivity index (χ0) is 18.8. The third-order valence-corrected chi connectivity index (χ3v) is 4.09. The van der Waals surface area contributed by atoms with Crippen molar-refractivity contribution >= 4 is 16.9 Å². The fourth-order valence-corrected chi connectivity index (χ4v) is 2.85. The minimum Gasteiger partial charge on any atom is -0.460 e. The van der Waals surface area contributed by atoms with Gasteiger partial charge in [-0.15, -0.1) is 0 Å². The average Bonchev–Trinajstić information content (AvgIpc) is 2.69. The lowest BCUT2D eigenvalue weighted by Crippen LogP contribution is -2.11. The van der Waals surface area contributed by atoms with Crippen LogP contribution < -0.4 is 10.2 Å². The summed E-state index contributed by atoms with van der Waals surface area (Å²) in [4.78, 5) is 32.8. The van der Waals surface area contributed by atoms with Crippen LogP contribution in [-0.4, -0.2) is 15.9 Å². The minimum atomic E-state index is -0.637. The Morgan fingerprint density at radius 2 is 1.89 bits per heavy atom. The van der Waals surface area contributed by atoms with Gasteiger partial charge in [-0.25, -0.2) is 9.78 Å². The van der Waals surface area contributed by atoms with E-state index in [1.54, 1.807) is 19.1 Å². The molecule has 0 saturated carbocycles. The number of esters is 1. The molecule has 0 spiro atoms. The first-order valence-corrected chi connectivity index (χ1v) is 8.24. The van der Waals surface area contributed by atoms with Crippen LogP contribution in [0.3, 0.4) is 0 Å². The Balaban J connectivity index is 1.74. The molecule has 0 bridgehead atoms. The predicted octanol–water partition coefficient (Wildman–Crippen LogP) is 3.78. The van der Waals surface area contributed by atoms with Gasteiger partial charge in [0.05, 0.1) is 17.1 Å². The molecule has 0 atom stereocenters. The van der Waals surface area contributed by atoms with Gasteiger partial charge in [0, 0.05) is 18.5 Å². The van der Waals surface area contributed by atoms with Crippen molar-refractivity contribution in [1.82, 2.24) is 9.97 Å². The summed E-state index contributed by atoms with van der Waals surface area (Å²) in [6, 6.07) is 14.0. The largest absolute Gasteiger partial charge is 0.460 e. The Bertz CT molecular complexity index is 1190. The number of carbonyl (C=O) groups excluding carboxylic acids is 1. The van der Waals surface area contributed by atoms with Gasteiger partial charge in [-0.1, -0.05) is 30.3 Å². The fourth-order valence-electron chi connectivity index (χ4n) is 2.85. The maximum atomic E-state index is 12.9. The summed E-state index contributed by atoms with van der Waals surface area (Å²) in [6.07, 6.45) is 4.19. The Labute approximate surface area is 154 Å². The van der Waals surface area contributed by atoms with E-state index in [1.165, 1.54) is 24.7 Å². The monoisotopic (exact) mass is 358 g/mol. The first-order chi connectivity index (χ1) is 13.1. The van der Waals surface area contributed by atoms with Crippen molar-refractivity contribution in [2.45, 2.75) is 6.92 Å². The third-order valence-electron chi connectivity index (χ3n) is 4.09. The van der Waals surface area contributed by atoms with Crippen molar-refractivity contribution in [2.24, 2.45) is 0 Å². The van der Waals surface area contributed by atoms with Crippen LogP contribution in [0.15, 0.2) is 76.3 Å². The van der Waals surface area contributed by atoms with E-state index in [0.717, 1.165) is 5.56 Å². The van der Waals surface area contributed by atoms with E-state index < -0.39 is 5.97 Å². The van der Waals surface area contributed by atoms with Crippen molar-refractivity contribution in [1.29, 1.82) is 0 Å². The SMILES string of the molecule is Cc1oc2cc(OC(=O)c3cnccn3)ccc2c(=O)c1-c1ccccc1. The molecule has 4 rings (SSSR count). The number of fused-ring (bicyclic) bond motifs is 1. The zero-order valence-electron chi connectivity index (χ0n) is 14.4. The summed E-state index contributed by atoms with van der Waals surface area (Å²) in [6.45, 7) is 1.74. The summed E-state index contributed by atoms with van der Waals surface area (Å²) in [5.74, 6) is 0.117. The summed E-state index contributed by atoms with van der Waals surface area (Å²) < 4.78 is 11.1. The Morgan fingerprint density at radius 1 is 1.07 bits per heavy atom. The molecule has 0 amide bonds. The third kappa shape index (κ3) is 3.20. The molecule has 0 unspecified atom stereocenters. The zero-order valence-corrected chi connectivity index (χ0v) is 14.4. The summed E-state index contributed by atoms with van der Waals surface area (Å²) in [7, 11) is 0. The molecule has 2 aromatic carbocycles. The van der Waals surface area contributed by atoms with Crippen molar-refractivity contribution < 1.29 is 13.9 Å². The predicted molar refractivity (Wildman–Crippen MR) is 99.6 cm³/mol. The maximum absolute atomic E-state index is 12.9. The summed E-state index contributed by atoms with van der Waals surface area (Å²) in [5, 5.41) is 0.416. The molecule has 6 nitrogen and oxygen atoms in total. The molecule has 0 fully saturated rings. The van der Waals surface area contributed by atoms with Gasteiger partial charge >= 0.3 is 5.97 Å². The molecular formula is C21H14N2O4.